The highest BCUT2D eigenvalue weighted by Gasteiger charge is 2.40. The summed E-state index contributed by atoms with van der Waals surface area (Å²) in [6.07, 6.45) is -2.59. The Kier molecular flexibility index (Phi) is 4.10. The second kappa shape index (κ2) is 5.19. The Morgan fingerprint density at radius 2 is 2.11 bits per heavy atom. The molecule has 4 nitrogen and oxygen atoms in total. The lowest BCUT2D eigenvalue weighted by molar-refractivity contribution is -0.123. The molecule has 0 saturated heterocycles. The molecule has 1 rings (SSSR count). The van der Waals surface area contributed by atoms with Gasteiger partial charge in [0.1, 0.15) is 0 Å². The van der Waals surface area contributed by atoms with Crippen LogP contribution in [0.3, 0.4) is 0 Å². The first kappa shape index (κ1) is 14.2. The molecule has 0 bridgehead atoms. The van der Waals surface area contributed by atoms with Crippen molar-refractivity contribution in [2.45, 2.75) is 12.3 Å². The van der Waals surface area contributed by atoms with Crippen molar-refractivity contribution in [2.75, 3.05) is 6.54 Å². The first-order valence-corrected chi connectivity index (χ1v) is 4.85. The molecule has 0 aromatic carbocycles. The topological polar surface area (TPSA) is 51.1 Å². The van der Waals surface area contributed by atoms with E-state index in [1.54, 1.807) is 5.32 Å². The Balaban J connectivity index is 2.72. The lowest BCUT2D eigenvalue weighted by atomic mass is 10.2. The van der Waals surface area contributed by atoms with Crippen molar-refractivity contribution in [3.63, 3.8) is 0 Å². The molecule has 0 saturated carbocycles. The molecule has 1 aromatic heterocycles. The Hall–Kier alpha value is -1.86. The molecule has 1 aromatic rings. The molecule has 0 aliphatic rings. The standard InChI is InChI=1S/C10H10F4N2O2/c1-16-3-2-6(4-7(16)17)8(18)15-5-10(13,14)9(11)12/h2-4,9H,5H2,1H3,(H,15,18). The maximum atomic E-state index is 12.5. The summed E-state index contributed by atoms with van der Waals surface area (Å²) < 4.78 is 49.9. The highest BCUT2D eigenvalue weighted by Crippen LogP contribution is 2.21. The van der Waals surface area contributed by atoms with E-state index in [1.165, 1.54) is 23.9 Å². The van der Waals surface area contributed by atoms with Crippen LogP contribution in [0.1, 0.15) is 10.4 Å². The SMILES string of the molecule is Cn1ccc(C(=O)NCC(F)(F)C(F)F)cc1=O. The number of carbonyl (C=O) groups is 1. The second-order valence-electron chi connectivity index (χ2n) is 3.61. The average Bonchev–Trinajstić information content (AvgIpc) is 2.29. The van der Waals surface area contributed by atoms with Crippen molar-refractivity contribution in [1.82, 2.24) is 9.88 Å². The fraction of sp³-hybridized carbons (Fsp3) is 0.400. The quantitative estimate of drug-likeness (QED) is 0.827. The highest BCUT2D eigenvalue weighted by atomic mass is 19.3. The zero-order valence-corrected chi connectivity index (χ0v) is 9.29. The molecule has 0 aliphatic carbocycles. The van der Waals surface area contributed by atoms with Crippen LogP contribution >= 0.6 is 0 Å². The summed E-state index contributed by atoms with van der Waals surface area (Å²) in [6, 6.07) is 2.15. The van der Waals surface area contributed by atoms with Gasteiger partial charge in [0.15, 0.2) is 0 Å². The molecule has 1 heterocycles. The Labute approximate surface area is 99.2 Å². The molecule has 1 amide bonds. The number of alkyl halides is 4. The Morgan fingerprint density at radius 3 is 2.61 bits per heavy atom. The van der Waals surface area contributed by atoms with E-state index in [1.807, 2.05) is 0 Å². The van der Waals surface area contributed by atoms with Crippen LogP contribution in [0.25, 0.3) is 0 Å². The average molecular weight is 266 g/mol. The van der Waals surface area contributed by atoms with E-state index in [9.17, 15) is 27.2 Å². The van der Waals surface area contributed by atoms with Crippen molar-refractivity contribution in [3.8, 4) is 0 Å². The Bertz CT molecular complexity index is 499. The number of amides is 1. The van der Waals surface area contributed by atoms with E-state index in [2.05, 4.69) is 0 Å². The van der Waals surface area contributed by atoms with Crippen molar-refractivity contribution in [3.05, 3.63) is 34.2 Å². The van der Waals surface area contributed by atoms with Crippen LogP contribution in [0.5, 0.6) is 0 Å². The van der Waals surface area contributed by atoms with Crippen molar-refractivity contribution < 1.29 is 22.4 Å². The third kappa shape index (κ3) is 3.31. The van der Waals surface area contributed by atoms with Gasteiger partial charge in [0.25, 0.3) is 11.5 Å². The van der Waals surface area contributed by atoms with Crippen molar-refractivity contribution in [1.29, 1.82) is 0 Å². The van der Waals surface area contributed by atoms with Gasteiger partial charge in [-0.15, -0.1) is 0 Å². The number of aryl methyl sites for hydroxylation is 1. The first-order valence-electron chi connectivity index (χ1n) is 4.85. The normalized spacial score (nSPS) is 11.7. The zero-order valence-electron chi connectivity index (χ0n) is 9.29. The van der Waals surface area contributed by atoms with Gasteiger partial charge in [0.2, 0.25) is 0 Å². The molecule has 0 radical (unpaired) electrons. The second-order valence-corrected chi connectivity index (χ2v) is 3.61. The number of rotatable bonds is 4. The molecular weight excluding hydrogens is 256 g/mol. The number of carbonyl (C=O) groups excluding carboxylic acids is 1. The number of nitrogens with one attached hydrogen (secondary N) is 1. The third-order valence-corrected chi connectivity index (χ3v) is 2.17. The Morgan fingerprint density at radius 1 is 1.50 bits per heavy atom. The van der Waals surface area contributed by atoms with E-state index in [4.69, 9.17) is 0 Å². The molecule has 1 N–H and O–H groups in total. The zero-order chi connectivity index (χ0) is 13.9. The van der Waals surface area contributed by atoms with Crippen LogP contribution in [-0.2, 0) is 7.05 Å². The van der Waals surface area contributed by atoms with Gasteiger partial charge in [0, 0.05) is 24.9 Å². The molecule has 0 spiro atoms. The number of nitrogens with zero attached hydrogens (tertiary/aromatic N) is 1. The summed E-state index contributed by atoms with van der Waals surface area (Å²) in [5.41, 5.74) is -0.675. The smallest absolute Gasteiger partial charge is 0.324 e. The monoisotopic (exact) mass is 266 g/mol. The predicted molar refractivity (Wildman–Crippen MR) is 55.0 cm³/mol. The fourth-order valence-electron chi connectivity index (χ4n) is 1.07. The lowest BCUT2D eigenvalue weighted by Crippen LogP contribution is -2.41. The minimum absolute atomic E-state index is 0.164. The van der Waals surface area contributed by atoms with Crippen LogP contribution in [0, 0.1) is 0 Å². The van der Waals surface area contributed by atoms with Crippen LogP contribution < -0.4 is 10.9 Å². The number of pyridine rings is 1. The van der Waals surface area contributed by atoms with Crippen LogP contribution in [0.2, 0.25) is 0 Å². The van der Waals surface area contributed by atoms with Gasteiger partial charge >= 0.3 is 12.3 Å². The first-order chi connectivity index (χ1) is 8.24. The van der Waals surface area contributed by atoms with E-state index in [-0.39, 0.29) is 5.56 Å². The van der Waals surface area contributed by atoms with Gasteiger partial charge in [-0.2, -0.15) is 8.78 Å². The lowest BCUT2D eigenvalue weighted by Gasteiger charge is -2.15. The molecule has 0 fully saturated rings. The molecular formula is C10H10F4N2O2. The van der Waals surface area contributed by atoms with Crippen molar-refractivity contribution in [2.24, 2.45) is 7.05 Å². The minimum atomic E-state index is -4.30. The van der Waals surface area contributed by atoms with Gasteiger partial charge in [-0.3, -0.25) is 9.59 Å². The fourth-order valence-corrected chi connectivity index (χ4v) is 1.07. The summed E-state index contributed by atoms with van der Waals surface area (Å²) in [5.74, 6) is -5.30. The maximum Gasteiger partial charge on any atom is 0.324 e. The molecule has 100 valence electrons. The number of aromatic nitrogens is 1. The van der Waals surface area contributed by atoms with Gasteiger partial charge in [-0.1, -0.05) is 0 Å². The maximum absolute atomic E-state index is 12.5. The predicted octanol–water partition coefficient (Wildman–Crippen LogP) is 1.02. The summed E-state index contributed by atoms with van der Waals surface area (Å²) in [6.45, 7) is -1.49. The summed E-state index contributed by atoms with van der Waals surface area (Å²) >= 11 is 0. The summed E-state index contributed by atoms with van der Waals surface area (Å²) in [4.78, 5) is 22.5. The third-order valence-electron chi connectivity index (χ3n) is 2.17. The number of halogens is 4. The molecule has 0 atom stereocenters. The number of hydrogen-bond acceptors (Lipinski definition) is 2. The molecule has 0 aliphatic heterocycles. The van der Waals surface area contributed by atoms with E-state index >= 15 is 0 Å². The van der Waals surface area contributed by atoms with Crippen molar-refractivity contribution >= 4 is 5.91 Å². The summed E-state index contributed by atoms with van der Waals surface area (Å²) in [7, 11) is 1.44. The van der Waals surface area contributed by atoms with E-state index in [0.717, 1.165) is 6.07 Å². The van der Waals surface area contributed by atoms with Gasteiger partial charge in [0.05, 0.1) is 6.54 Å². The minimum Gasteiger partial charge on any atom is -0.346 e. The molecule has 0 unspecified atom stereocenters. The van der Waals surface area contributed by atoms with Crippen LogP contribution in [-0.4, -0.2) is 29.4 Å². The van der Waals surface area contributed by atoms with E-state index in [0.29, 0.717) is 0 Å². The number of hydrogen-bond donors (Lipinski definition) is 1. The van der Waals surface area contributed by atoms with Gasteiger partial charge in [-0.25, -0.2) is 8.78 Å². The van der Waals surface area contributed by atoms with E-state index < -0.39 is 30.4 Å². The van der Waals surface area contributed by atoms with Gasteiger partial charge in [-0.05, 0) is 6.07 Å². The van der Waals surface area contributed by atoms with Crippen LogP contribution in [0.15, 0.2) is 23.1 Å². The molecule has 8 heteroatoms. The summed E-state index contributed by atoms with van der Waals surface area (Å²) in [5, 5.41) is 1.65. The molecule has 18 heavy (non-hydrogen) atoms. The van der Waals surface area contributed by atoms with Gasteiger partial charge < -0.3 is 9.88 Å². The van der Waals surface area contributed by atoms with Crippen LogP contribution in [0.4, 0.5) is 17.6 Å². The largest absolute Gasteiger partial charge is 0.346 e. The highest BCUT2D eigenvalue weighted by molar-refractivity contribution is 5.93.